The largest absolute Gasteiger partial charge is 0.351 e. The highest BCUT2D eigenvalue weighted by Gasteiger charge is 2.28. The van der Waals surface area contributed by atoms with Crippen molar-refractivity contribution >= 4 is 18.4 Å². The fourth-order valence-electron chi connectivity index (χ4n) is 1.54. The average molecular weight is 194 g/mol. The van der Waals surface area contributed by atoms with Crippen molar-refractivity contribution in [2.45, 2.75) is 19.0 Å². The molecule has 0 aromatic heterocycles. The van der Waals surface area contributed by atoms with Crippen LogP contribution in [0.1, 0.15) is 12.8 Å². The smallest absolute Gasteiger partial charge is 0.316 e. The lowest BCUT2D eigenvalue weighted by Crippen LogP contribution is -2.46. The summed E-state index contributed by atoms with van der Waals surface area (Å²) in [6.45, 7) is 0.804. The van der Waals surface area contributed by atoms with E-state index in [0.717, 1.165) is 19.4 Å². The van der Waals surface area contributed by atoms with Crippen LogP contribution in [0.15, 0.2) is 0 Å². The Balaban J connectivity index is 0.00000121. The van der Waals surface area contributed by atoms with E-state index in [-0.39, 0.29) is 24.6 Å². The summed E-state index contributed by atoms with van der Waals surface area (Å²) in [4.78, 5) is 14.6. The van der Waals surface area contributed by atoms with Gasteiger partial charge in [0.2, 0.25) is 0 Å². The van der Waals surface area contributed by atoms with Gasteiger partial charge in [-0.2, -0.15) is 0 Å². The van der Waals surface area contributed by atoms with Gasteiger partial charge in [-0.25, -0.2) is 4.79 Å². The van der Waals surface area contributed by atoms with Gasteiger partial charge in [0.25, 0.3) is 0 Å². The van der Waals surface area contributed by atoms with Gasteiger partial charge in [-0.05, 0) is 26.9 Å². The lowest BCUT2D eigenvalue weighted by atomic mass is 10.3. The minimum Gasteiger partial charge on any atom is -0.351 e. The highest BCUT2D eigenvalue weighted by molar-refractivity contribution is 5.85. The SMILES string of the molecule is CN(C)C1CCCN1C(N)=O.Cl. The molecule has 1 aliphatic heterocycles. The van der Waals surface area contributed by atoms with Crippen molar-refractivity contribution in [3.63, 3.8) is 0 Å². The second kappa shape index (κ2) is 4.52. The number of urea groups is 1. The molecule has 5 heteroatoms. The second-order valence-electron chi connectivity index (χ2n) is 3.12. The standard InChI is InChI=1S/C7H15N3O.ClH/c1-9(2)6-4-3-5-10(6)7(8)11;/h6H,3-5H2,1-2H3,(H2,8,11);1H. The minimum absolute atomic E-state index is 0. The van der Waals surface area contributed by atoms with Gasteiger partial charge in [0.1, 0.15) is 0 Å². The van der Waals surface area contributed by atoms with Gasteiger partial charge in [-0.3, -0.25) is 4.90 Å². The second-order valence-corrected chi connectivity index (χ2v) is 3.12. The lowest BCUT2D eigenvalue weighted by Gasteiger charge is -2.28. The maximum absolute atomic E-state index is 10.8. The van der Waals surface area contributed by atoms with Gasteiger partial charge in [-0.1, -0.05) is 0 Å². The third-order valence-corrected chi connectivity index (χ3v) is 2.10. The number of nitrogens with zero attached hydrogens (tertiary/aromatic N) is 2. The number of rotatable bonds is 1. The van der Waals surface area contributed by atoms with Crippen molar-refractivity contribution in [2.24, 2.45) is 5.73 Å². The average Bonchev–Trinajstić information content (AvgIpc) is 2.32. The van der Waals surface area contributed by atoms with Crippen LogP contribution in [0.5, 0.6) is 0 Å². The normalized spacial score (nSPS) is 22.6. The van der Waals surface area contributed by atoms with Gasteiger partial charge >= 0.3 is 6.03 Å². The van der Waals surface area contributed by atoms with E-state index >= 15 is 0 Å². The topological polar surface area (TPSA) is 49.6 Å². The molecule has 1 rings (SSSR count). The molecule has 1 aliphatic rings. The van der Waals surface area contributed by atoms with Crippen LogP contribution in [-0.4, -0.2) is 42.6 Å². The number of amides is 2. The first-order valence-corrected chi connectivity index (χ1v) is 3.85. The Kier molecular flexibility index (Phi) is 4.34. The third kappa shape index (κ3) is 2.25. The Morgan fingerprint density at radius 3 is 2.50 bits per heavy atom. The summed E-state index contributed by atoms with van der Waals surface area (Å²) in [5, 5.41) is 0. The first kappa shape index (κ1) is 11.5. The van der Waals surface area contributed by atoms with Crippen molar-refractivity contribution in [1.29, 1.82) is 0 Å². The van der Waals surface area contributed by atoms with Crippen LogP contribution < -0.4 is 5.73 Å². The molecule has 0 aliphatic carbocycles. The summed E-state index contributed by atoms with van der Waals surface area (Å²) < 4.78 is 0. The van der Waals surface area contributed by atoms with Crippen molar-refractivity contribution in [3.05, 3.63) is 0 Å². The zero-order chi connectivity index (χ0) is 8.43. The summed E-state index contributed by atoms with van der Waals surface area (Å²) in [7, 11) is 3.93. The molecule has 2 amide bonds. The highest BCUT2D eigenvalue weighted by atomic mass is 35.5. The predicted molar refractivity (Wildman–Crippen MR) is 50.2 cm³/mol. The van der Waals surface area contributed by atoms with Crippen LogP contribution in [-0.2, 0) is 0 Å². The number of likely N-dealkylation sites (tertiary alicyclic amines) is 1. The van der Waals surface area contributed by atoms with Gasteiger partial charge in [0, 0.05) is 6.54 Å². The highest BCUT2D eigenvalue weighted by Crippen LogP contribution is 2.17. The number of carbonyl (C=O) groups excluding carboxylic acids is 1. The van der Waals surface area contributed by atoms with E-state index < -0.39 is 0 Å². The van der Waals surface area contributed by atoms with Crippen LogP contribution in [0.25, 0.3) is 0 Å². The molecule has 1 heterocycles. The Morgan fingerprint density at radius 1 is 1.58 bits per heavy atom. The number of nitrogens with two attached hydrogens (primary N) is 1. The first-order chi connectivity index (χ1) is 5.13. The molecule has 0 bridgehead atoms. The molecule has 0 aromatic rings. The molecule has 0 radical (unpaired) electrons. The van der Waals surface area contributed by atoms with Gasteiger partial charge in [0.05, 0.1) is 6.17 Å². The van der Waals surface area contributed by atoms with E-state index in [1.54, 1.807) is 4.90 Å². The molecule has 1 unspecified atom stereocenters. The molecular formula is C7H16ClN3O. The zero-order valence-corrected chi connectivity index (χ0v) is 8.30. The fourth-order valence-corrected chi connectivity index (χ4v) is 1.54. The predicted octanol–water partition coefficient (Wildman–Crippen LogP) is 0.470. The summed E-state index contributed by atoms with van der Waals surface area (Å²) in [6, 6.07) is -0.304. The van der Waals surface area contributed by atoms with E-state index in [9.17, 15) is 4.79 Å². The number of halogens is 1. The Bertz CT molecular complexity index is 163. The molecule has 72 valence electrons. The number of hydrogen-bond donors (Lipinski definition) is 1. The maximum Gasteiger partial charge on any atom is 0.316 e. The Morgan fingerprint density at radius 2 is 2.17 bits per heavy atom. The van der Waals surface area contributed by atoms with E-state index in [1.165, 1.54) is 0 Å². The van der Waals surface area contributed by atoms with Crippen molar-refractivity contribution in [2.75, 3.05) is 20.6 Å². The van der Waals surface area contributed by atoms with Crippen LogP contribution >= 0.6 is 12.4 Å². The van der Waals surface area contributed by atoms with E-state index in [1.807, 2.05) is 19.0 Å². The minimum atomic E-state index is -0.304. The summed E-state index contributed by atoms with van der Waals surface area (Å²) >= 11 is 0. The van der Waals surface area contributed by atoms with Gasteiger partial charge in [-0.15, -0.1) is 12.4 Å². The molecule has 0 aromatic carbocycles. The quantitative estimate of drug-likeness (QED) is 0.658. The van der Waals surface area contributed by atoms with Crippen LogP contribution in [0.2, 0.25) is 0 Å². The van der Waals surface area contributed by atoms with Crippen LogP contribution in [0.4, 0.5) is 4.79 Å². The molecule has 1 saturated heterocycles. The molecule has 0 saturated carbocycles. The van der Waals surface area contributed by atoms with Crippen molar-refractivity contribution in [1.82, 2.24) is 9.80 Å². The van der Waals surface area contributed by atoms with Crippen LogP contribution in [0, 0.1) is 0 Å². The molecular weight excluding hydrogens is 178 g/mol. The van der Waals surface area contributed by atoms with Crippen molar-refractivity contribution < 1.29 is 4.79 Å². The van der Waals surface area contributed by atoms with Crippen LogP contribution in [0.3, 0.4) is 0 Å². The summed E-state index contributed by atoms with van der Waals surface area (Å²) in [5.41, 5.74) is 5.19. The lowest BCUT2D eigenvalue weighted by molar-refractivity contribution is 0.138. The molecule has 1 atom stereocenters. The molecule has 2 N–H and O–H groups in total. The summed E-state index contributed by atoms with van der Waals surface area (Å²) in [6.07, 6.45) is 2.31. The first-order valence-electron chi connectivity index (χ1n) is 3.85. The molecule has 1 fully saturated rings. The monoisotopic (exact) mass is 193 g/mol. The van der Waals surface area contributed by atoms with E-state index in [0.29, 0.717) is 0 Å². The van der Waals surface area contributed by atoms with E-state index in [2.05, 4.69) is 0 Å². The zero-order valence-electron chi connectivity index (χ0n) is 7.49. The molecule has 4 nitrogen and oxygen atoms in total. The third-order valence-electron chi connectivity index (χ3n) is 2.10. The number of primary amides is 1. The Labute approximate surface area is 79.1 Å². The molecule has 12 heavy (non-hydrogen) atoms. The Hall–Kier alpha value is -0.480. The van der Waals surface area contributed by atoms with Crippen molar-refractivity contribution in [3.8, 4) is 0 Å². The van der Waals surface area contributed by atoms with Gasteiger partial charge < -0.3 is 10.6 Å². The van der Waals surface area contributed by atoms with Gasteiger partial charge in [0.15, 0.2) is 0 Å². The number of hydrogen-bond acceptors (Lipinski definition) is 2. The van der Waals surface area contributed by atoms with E-state index in [4.69, 9.17) is 5.73 Å². The fraction of sp³-hybridized carbons (Fsp3) is 0.857. The maximum atomic E-state index is 10.8. The summed E-state index contributed by atoms with van der Waals surface area (Å²) in [5.74, 6) is 0. The molecule has 0 spiro atoms. The number of carbonyl (C=O) groups is 1.